The van der Waals surface area contributed by atoms with Gasteiger partial charge in [-0.05, 0) is 28.8 Å². The van der Waals surface area contributed by atoms with Crippen LogP contribution < -0.4 is 9.47 Å². The molecule has 1 aliphatic rings. The number of fused-ring (bicyclic) bond motifs is 1. The van der Waals surface area contributed by atoms with Crippen LogP contribution in [0.3, 0.4) is 0 Å². The lowest BCUT2D eigenvalue weighted by Crippen LogP contribution is -2.26. The van der Waals surface area contributed by atoms with E-state index < -0.39 is 10.0 Å². The van der Waals surface area contributed by atoms with Crippen LogP contribution in [0, 0.1) is 0 Å². The Hall–Kier alpha value is -3.61. The number of sulfonamides is 1. The van der Waals surface area contributed by atoms with Crippen LogP contribution in [-0.2, 0) is 16.6 Å². The van der Waals surface area contributed by atoms with E-state index in [0.717, 1.165) is 5.56 Å². The third kappa shape index (κ3) is 5.61. The van der Waals surface area contributed by atoms with Crippen molar-refractivity contribution in [2.75, 3.05) is 13.8 Å². The number of hydrogen-bond donors (Lipinski definition) is 0. The first kappa shape index (κ1) is 22.6. The van der Waals surface area contributed by atoms with E-state index >= 15 is 0 Å². The molecule has 0 saturated heterocycles. The Morgan fingerprint density at radius 2 is 1.21 bits per heavy atom. The van der Waals surface area contributed by atoms with Crippen LogP contribution in [0.25, 0.3) is 11.1 Å². The summed E-state index contributed by atoms with van der Waals surface area (Å²) in [6, 6.07) is 34.9. The molecular formula is C27H25NO4S. The second-order valence-electron chi connectivity index (χ2n) is 7.49. The van der Waals surface area contributed by atoms with E-state index in [4.69, 9.17) is 9.47 Å². The van der Waals surface area contributed by atoms with E-state index in [2.05, 4.69) is 48.5 Å². The molecule has 0 bridgehead atoms. The molecule has 0 saturated carbocycles. The molecule has 33 heavy (non-hydrogen) atoms. The standard InChI is InChI=1S/C15H15NO4S.C12H10/c1-16(10-12-5-3-2-4-6-12)21(17,18)13-7-8-14-15(9-13)20-11-19-14;1-3-7-11(8-4-1)12-9-5-2-6-10-12/h2-9H,10-11H2,1H3;1-10H. The molecule has 0 fully saturated rings. The molecule has 0 atom stereocenters. The highest BCUT2D eigenvalue weighted by Gasteiger charge is 2.24. The predicted molar refractivity (Wildman–Crippen MR) is 130 cm³/mol. The van der Waals surface area contributed by atoms with Gasteiger partial charge in [-0.2, -0.15) is 4.31 Å². The topological polar surface area (TPSA) is 55.8 Å². The fourth-order valence-electron chi connectivity index (χ4n) is 3.40. The molecule has 168 valence electrons. The maximum Gasteiger partial charge on any atom is 0.243 e. The zero-order chi connectivity index (χ0) is 23.1. The summed E-state index contributed by atoms with van der Waals surface area (Å²) in [7, 11) is -2.00. The van der Waals surface area contributed by atoms with Crippen molar-refractivity contribution < 1.29 is 17.9 Å². The van der Waals surface area contributed by atoms with Gasteiger partial charge in [-0.3, -0.25) is 0 Å². The van der Waals surface area contributed by atoms with Crippen molar-refractivity contribution in [3.05, 3.63) is 115 Å². The summed E-state index contributed by atoms with van der Waals surface area (Å²) < 4.78 is 36.9. The third-order valence-electron chi connectivity index (χ3n) is 5.18. The van der Waals surface area contributed by atoms with Crippen molar-refractivity contribution >= 4 is 10.0 Å². The summed E-state index contributed by atoms with van der Waals surface area (Å²) in [5, 5.41) is 0. The van der Waals surface area contributed by atoms with Gasteiger partial charge in [0.2, 0.25) is 16.8 Å². The van der Waals surface area contributed by atoms with Crippen molar-refractivity contribution in [1.82, 2.24) is 4.31 Å². The van der Waals surface area contributed by atoms with Crippen LogP contribution >= 0.6 is 0 Å². The molecule has 0 spiro atoms. The summed E-state index contributed by atoms with van der Waals surface area (Å²) in [5.41, 5.74) is 3.49. The van der Waals surface area contributed by atoms with E-state index in [9.17, 15) is 8.42 Å². The van der Waals surface area contributed by atoms with Gasteiger partial charge >= 0.3 is 0 Å². The number of rotatable bonds is 5. The van der Waals surface area contributed by atoms with Gasteiger partial charge in [-0.25, -0.2) is 8.42 Å². The van der Waals surface area contributed by atoms with Crippen molar-refractivity contribution in [2.45, 2.75) is 11.4 Å². The number of ether oxygens (including phenoxy) is 2. The molecule has 5 nitrogen and oxygen atoms in total. The van der Waals surface area contributed by atoms with E-state index in [1.807, 2.05) is 42.5 Å². The van der Waals surface area contributed by atoms with Gasteiger partial charge in [0, 0.05) is 19.7 Å². The molecule has 0 amide bonds. The Morgan fingerprint density at radius 1 is 0.697 bits per heavy atom. The Balaban J connectivity index is 0.000000183. The maximum atomic E-state index is 12.6. The summed E-state index contributed by atoms with van der Waals surface area (Å²) in [6.07, 6.45) is 0. The van der Waals surface area contributed by atoms with Crippen molar-refractivity contribution in [1.29, 1.82) is 0 Å². The largest absolute Gasteiger partial charge is 0.454 e. The molecule has 1 heterocycles. The Kier molecular flexibility index (Phi) is 7.07. The highest BCUT2D eigenvalue weighted by atomic mass is 32.2. The fourth-order valence-corrected chi connectivity index (χ4v) is 4.58. The zero-order valence-electron chi connectivity index (χ0n) is 18.3. The van der Waals surface area contributed by atoms with Crippen LogP contribution in [0.4, 0.5) is 0 Å². The quantitative estimate of drug-likeness (QED) is 0.390. The van der Waals surface area contributed by atoms with Crippen LogP contribution in [0.5, 0.6) is 11.5 Å². The molecule has 1 aliphatic heterocycles. The van der Waals surface area contributed by atoms with Gasteiger partial charge in [-0.1, -0.05) is 91.0 Å². The molecule has 4 aromatic rings. The first-order valence-electron chi connectivity index (χ1n) is 10.5. The van der Waals surface area contributed by atoms with Crippen molar-refractivity contribution in [2.24, 2.45) is 0 Å². The first-order valence-corrected chi connectivity index (χ1v) is 12.0. The van der Waals surface area contributed by atoms with Crippen LogP contribution in [0.15, 0.2) is 114 Å². The second-order valence-corrected chi connectivity index (χ2v) is 9.54. The van der Waals surface area contributed by atoms with Gasteiger partial charge in [0.25, 0.3) is 0 Å². The maximum absolute atomic E-state index is 12.6. The Morgan fingerprint density at radius 3 is 1.79 bits per heavy atom. The molecule has 0 N–H and O–H groups in total. The highest BCUT2D eigenvalue weighted by molar-refractivity contribution is 7.89. The monoisotopic (exact) mass is 459 g/mol. The van der Waals surface area contributed by atoms with Gasteiger partial charge < -0.3 is 9.47 Å². The fraction of sp³-hybridized carbons (Fsp3) is 0.111. The lowest BCUT2D eigenvalue weighted by atomic mass is 10.1. The number of hydrogen-bond acceptors (Lipinski definition) is 4. The van der Waals surface area contributed by atoms with E-state index in [0.29, 0.717) is 18.0 Å². The lowest BCUT2D eigenvalue weighted by molar-refractivity contribution is 0.174. The minimum atomic E-state index is -3.56. The molecule has 5 rings (SSSR count). The summed E-state index contributed by atoms with van der Waals surface area (Å²) in [6.45, 7) is 0.441. The normalized spacial score (nSPS) is 12.2. The smallest absolute Gasteiger partial charge is 0.243 e. The van der Waals surface area contributed by atoms with Gasteiger partial charge in [0.15, 0.2) is 11.5 Å². The minimum Gasteiger partial charge on any atom is -0.454 e. The first-order chi connectivity index (χ1) is 16.0. The van der Waals surface area contributed by atoms with Crippen LogP contribution in [-0.4, -0.2) is 26.6 Å². The molecule has 6 heteroatoms. The predicted octanol–water partition coefficient (Wildman–Crippen LogP) is 5.59. The molecular weight excluding hydrogens is 434 g/mol. The average Bonchev–Trinajstić information content (AvgIpc) is 3.34. The molecule has 0 radical (unpaired) electrons. The van der Waals surface area contributed by atoms with E-state index in [1.165, 1.54) is 27.6 Å². The third-order valence-corrected chi connectivity index (χ3v) is 6.98. The number of nitrogens with zero attached hydrogens (tertiary/aromatic N) is 1. The van der Waals surface area contributed by atoms with E-state index in [1.54, 1.807) is 13.1 Å². The zero-order valence-corrected chi connectivity index (χ0v) is 19.1. The summed E-state index contributed by atoms with van der Waals surface area (Å²) in [4.78, 5) is 0.199. The van der Waals surface area contributed by atoms with Crippen molar-refractivity contribution in [3.8, 4) is 22.6 Å². The highest BCUT2D eigenvalue weighted by Crippen LogP contribution is 2.34. The molecule has 0 unspecified atom stereocenters. The van der Waals surface area contributed by atoms with Crippen LogP contribution in [0.2, 0.25) is 0 Å². The second kappa shape index (κ2) is 10.3. The van der Waals surface area contributed by atoms with Crippen LogP contribution in [0.1, 0.15) is 5.56 Å². The average molecular weight is 460 g/mol. The van der Waals surface area contributed by atoms with Gasteiger partial charge in [0.1, 0.15) is 0 Å². The minimum absolute atomic E-state index is 0.124. The molecule has 4 aromatic carbocycles. The summed E-state index contributed by atoms with van der Waals surface area (Å²) >= 11 is 0. The molecule has 0 aromatic heterocycles. The summed E-state index contributed by atoms with van der Waals surface area (Å²) in [5.74, 6) is 1.03. The van der Waals surface area contributed by atoms with E-state index in [-0.39, 0.29) is 11.7 Å². The lowest BCUT2D eigenvalue weighted by Gasteiger charge is -2.17. The Labute approximate surface area is 194 Å². The number of benzene rings is 4. The van der Waals surface area contributed by atoms with Gasteiger partial charge in [-0.15, -0.1) is 0 Å². The SMILES string of the molecule is CN(Cc1ccccc1)S(=O)(=O)c1ccc2c(c1)OCO2.c1ccc(-c2ccccc2)cc1. The van der Waals surface area contributed by atoms with Crippen molar-refractivity contribution in [3.63, 3.8) is 0 Å². The van der Waals surface area contributed by atoms with Gasteiger partial charge in [0.05, 0.1) is 4.90 Å². The molecule has 0 aliphatic carbocycles. The Bertz CT molecular complexity index is 1240.